The van der Waals surface area contributed by atoms with E-state index in [0.29, 0.717) is 5.92 Å². The van der Waals surface area contributed by atoms with Gasteiger partial charge >= 0.3 is 0 Å². The molecule has 0 spiro atoms. The minimum Gasteiger partial charge on any atom is -0.249 e. The normalized spacial score (nSPS) is 10.9. The summed E-state index contributed by atoms with van der Waals surface area (Å²) >= 11 is 1.85. The van der Waals surface area contributed by atoms with Gasteiger partial charge < -0.3 is 0 Å². The van der Waals surface area contributed by atoms with Crippen LogP contribution in [0.25, 0.3) is 0 Å². The zero-order valence-electron chi connectivity index (χ0n) is 7.42. The van der Waals surface area contributed by atoms with Gasteiger partial charge in [-0.2, -0.15) is 0 Å². The summed E-state index contributed by atoms with van der Waals surface area (Å²) in [6, 6.07) is 0. The van der Waals surface area contributed by atoms with Crippen molar-refractivity contribution in [2.24, 2.45) is 0 Å². The van der Waals surface area contributed by atoms with Gasteiger partial charge in [0.15, 0.2) is 0 Å². The fourth-order valence-corrected chi connectivity index (χ4v) is 1.95. The van der Waals surface area contributed by atoms with Crippen LogP contribution in [0.2, 0.25) is 0 Å². The van der Waals surface area contributed by atoms with Crippen LogP contribution in [0.4, 0.5) is 0 Å². The summed E-state index contributed by atoms with van der Waals surface area (Å²) in [4.78, 5) is 5.76. The van der Waals surface area contributed by atoms with Crippen LogP contribution in [0, 0.1) is 0 Å². The topological polar surface area (TPSA) is 12.9 Å². The van der Waals surface area contributed by atoms with Gasteiger partial charge in [0.25, 0.3) is 0 Å². The highest BCUT2D eigenvalue weighted by molar-refractivity contribution is 7.11. The second-order valence-electron chi connectivity index (χ2n) is 3.06. The molecule has 0 aliphatic heterocycles. The Morgan fingerprint density at radius 2 is 2.27 bits per heavy atom. The Labute approximate surface area is 72.5 Å². The quantitative estimate of drug-likeness (QED) is 0.677. The highest BCUT2D eigenvalue weighted by atomic mass is 32.1. The van der Waals surface area contributed by atoms with Gasteiger partial charge in [0.2, 0.25) is 0 Å². The predicted octanol–water partition coefficient (Wildman–Crippen LogP) is 3.22. The lowest BCUT2D eigenvalue weighted by Gasteiger charge is -1.95. The Hall–Kier alpha value is -0.370. The summed E-state index contributed by atoms with van der Waals surface area (Å²) in [5.74, 6) is 0.637. The first kappa shape index (κ1) is 8.72. The van der Waals surface area contributed by atoms with Crippen molar-refractivity contribution in [1.29, 1.82) is 0 Å². The summed E-state index contributed by atoms with van der Waals surface area (Å²) in [6.45, 7) is 6.61. The number of aryl methyl sites for hydroxylation is 1. The highest BCUT2D eigenvalue weighted by Crippen LogP contribution is 2.22. The van der Waals surface area contributed by atoms with Gasteiger partial charge in [-0.3, -0.25) is 0 Å². The zero-order chi connectivity index (χ0) is 8.27. The third-order valence-corrected chi connectivity index (χ3v) is 2.96. The molecule has 1 heterocycles. The molecule has 0 saturated carbocycles. The Kier molecular flexibility index (Phi) is 3.06. The molecule has 0 radical (unpaired) electrons. The van der Waals surface area contributed by atoms with E-state index in [0.717, 1.165) is 6.42 Å². The lowest BCUT2D eigenvalue weighted by atomic mass is 10.2. The first-order valence-corrected chi connectivity index (χ1v) is 5.00. The number of thiazole rings is 1. The van der Waals surface area contributed by atoms with Crippen LogP contribution >= 0.6 is 11.3 Å². The van der Waals surface area contributed by atoms with Crippen molar-refractivity contribution in [3.8, 4) is 0 Å². The largest absolute Gasteiger partial charge is 0.249 e. The highest BCUT2D eigenvalue weighted by Gasteiger charge is 2.03. The summed E-state index contributed by atoms with van der Waals surface area (Å²) in [5.41, 5.74) is 0. The number of hydrogen-bond donors (Lipinski definition) is 0. The molecule has 1 aromatic rings. The van der Waals surface area contributed by atoms with Gasteiger partial charge in [-0.1, -0.05) is 20.8 Å². The predicted molar refractivity (Wildman–Crippen MR) is 50.2 cm³/mol. The van der Waals surface area contributed by atoms with Gasteiger partial charge in [0.05, 0.1) is 5.01 Å². The van der Waals surface area contributed by atoms with Crippen LogP contribution in [-0.4, -0.2) is 4.98 Å². The molecule has 11 heavy (non-hydrogen) atoms. The van der Waals surface area contributed by atoms with E-state index < -0.39 is 0 Å². The molecule has 1 nitrogen and oxygen atoms in total. The molecule has 0 fully saturated rings. The van der Waals surface area contributed by atoms with E-state index in [4.69, 9.17) is 0 Å². The molecule has 0 saturated heterocycles. The number of nitrogens with zero attached hydrogens (tertiary/aromatic N) is 1. The molecular formula is C9H15NS. The van der Waals surface area contributed by atoms with E-state index in [1.54, 1.807) is 0 Å². The van der Waals surface area contributed by atoms with Gasteiger partial charge in [-0.25, -0.2) is 4.98 Å². The van der Waals surface area contributed by atoms with E-state index in [2.05, 4.69) is 25.8 Å². The number of hydrogen-bond acceptors (Lipinski definition) is 2. The van der Waals surface area contributed by atoms with Crippen molar-refractivity contribution in [2.75, 3.05) is 0 Å². The maximum atomic E-state index is 4.35. The minimum atomic E-state index is 0.637. The zero-order valence-corrected chi connectivity index (χ0v) is 8.24. The van der Waals surface area contributed by atoms with Gasteiger partial charge in [-0.05, 0) is 18.8 Å². The minimum absolute atomic E-state index is 0.637. The summed E-state index contributed by atoms with van der Waals surface area (Å²) in [5, 5.41) is 1.29. The number of rotatable bonds is 3. The molecule has 0 unspecified atom stereocenters. The van der Waals surface area contributed by atoms with E-state index in [9.17, 15) is 0 Å². The Morgan fingerprint density at radius 3 is 2.73 bits per heavy atom. The average Bonchev–Trinajstić information content (AvgIpc) is 2.37. The van der Waals surface area contributed by atoms with Crippen molar-refractivity contribution in [2.45, 2.75) is 39.5 Å². The molecule has 1 rings (SSSR count). The second-order valence-corrected chi connectivity index (χ2v) is 4.21. The van der Waals surface area contributed by atoms with Crippen molar-refractivity contribution >= 4 is 11.3 Å². The lowest BCUT2D eigenvalue weighted by molar-refractivity contribution is 0.882. The maximum absolute atomic E-state index is 4.35. The average molecular weight is 169 g/mol. The monoisotopic (exact) mass is 169 g/mol. The molecule has 0 aliphatic carbocycles. The smallest absolute Gasteiger partial charge is 0.0927 e. The first-order valence-electron chi connectivity index (χ1n) is 4.18. The molecule has 62 valence electrons. The van der Waals surface area contributed by atoms with E-state index in [-0.39, 0.29) is 0 Å². The second kappa shape index (κ2) is 3.86. The first-order chi connectivity index (χ1) is 5.24. The van der Waals surface area contributed by atoms with Crippen molar-refractivity contribution < 1.29 is 0 Å². The summed E-state index contributed by atoms with van der Waals surface area (Å²) in [6.07, 6.45) is 4.35. The lowest BCUT2D eigenvalue weighted by Crippen LogP contribution is -1.78. The maximum Gasteiger partial charge on any atom is 0.0927 e. The third-order valence-electron chi connectivity index (χ3n) is 1.60. The molecular weight excluding hydrogens is 154 g/mol. The van der Waals surface area contributed by atoms with Gasteiger partial charge in [-0.15, -0.1) is 11.3 Å². The van der Waals surface area contributed by atoms with Crippen molar-refractivity contribution in [1.82, 2.24) is 4.98 Å². The third kappa shape index (κ3) is 2.29. The Balaban J connectivity index is 2.66. The number of aromatic nitrogens is 1. The van der Waals surface area contributed by atoms with Gasteiger partial charge in [0.1, 0.15) is 0 Å². The summed E-state index contributed by atoms with van der Waals surface area (Å²) < 4.78 is 0. The van der Waals surface area contributed by atoms with Crippen molar-refractivity contribution in [3.05, 3.63) is 16.1 Å². The van der Waals surface area contributed by atoms with Crippen LogP contribution in [0.15, 0.2) is 6.20 Å². The fourth-order valence-electron chi connectivity index (χ4n) is 0.921. The molecule has 2 heteroatoms. The van der Waals surface area contributed by atoms with Crippen LogP contribution in [0.5, 0.6) is 0 Å². The van der Waals surface area contributed by atoms with Crippen molar-refractivity contribution in [3.63, 3.8) is 0 Å². The van der Waals surface area contributed by atoms with E-state index in [1.165, 1.54) is 16.3 Å². The van der Waals surface area contributed by atoms with Gasteiger partial charge in [0, 0.05) is 11.1 Å². The van der Waals surface area contributed by atoms with E-state index >= 15 is 0 Å². The molecule has 0 atom stereocenters. The molecule has 0 aliphatic rings. The fraction of sp³-hybridized carbons (Fsp3) is 0.667. The molecule has 0 amide bonds. The summed E-state index contributed by atoms with van der Waals surface area (Å²) in [7, 11) is 0. The molecule has 0 bridgehead atoms. The Bertz CT molecular complexity index is 215. The SMILES string of the molecule is CCCc1ncc(C(C)C)s1. The molecule has 1 aromatic heterocycles. The van der Waals surface area contributed by atoms with E-state index in [1.807, 2.05) is 17.5 Å². The molecule has 0 aromatic carbocycles. The van der Waals surface area contributed by atoms with Crippen LogP contribution in [-0.2, 0) is 6.42 Å². The van der Waals surface area contributed by atoms with Crippen LogP contribution < -0.4 is 0 Å². The standard InChI is InChI=1S/C9H15NS/c1-4-5-9-10-6-8(11-9)7(2)3/h6-7H,4-5H2,1-3H3. The Morgan fingerprint density at radius 1 is 1.55 bits per heavy atom. The van der Waals surface area contributed by atoms with Crippen LogP contribution in [0.3, 0.4) is 0 Å². The van der Waals surface area contributed by atoms with Crippen LogP contribution in [0.1, 0.15) is 43.0 Å². The molecule has 0 N–H and O–H groups in total.